The average Bonchev–Trinajstić information content (AvgIpc) is 2.60. The molecule has 1 N–H and O–H groups in total. The van der Waals surface area contributed by atoms with Crippen molar-refractivity contribution in [1.82, 2.24) is 4.72 Å². The Morgan fingerprint density at radius 2 is 1.88 bits per heavy atom. The molecule has 140 valence electrons. The first-order valence-electron chi connectivity index (χ1n) is 8.86. The quantitative estimate of drug-likeness (QED) is 0.835. The lowest BCUT2D eigenvalue weighted by atomic mass is 9.84. The van der Waals surface area contributed by atoms with Crippen LogP contribution in [0, 0.1) is 12.7 Å². The van der Waals surface area contributed by atoms with Crippen molar-refractivity contribution in [3.63, 3.8) is 0 Å². The Balaban J connectivity index is 2.00. The normalized spacial score (nSPS) is 18.8. The summed E-state index contributed by atoms with van der Waals surface area (Å²) in [6.07, 6.45) is 2.12. The van der Waals surface area contributed by atoms with E-state index in [1.165, 1.54) is 18.2 Å². The maximum Gasteiger partial charge on any atom is 0.241 e. The summed E-state index contributed by atoms with van der Waals surface area (Å²) in [6, 6.07) is 10.8. The van der Waals surface area contributed by atoms with E-state index in [1.807, 2.05) is 38.1 Å². The number of hydrogen-bond acceptors (Lipinski definition) is 3. The van der Waals surface area contributed by atoms with Gasteiger partial charge in [0.1, 0.15) is 17.2 Å². The van der Waals surface area contributed by atoms with Gasteiger partial charge in [-0.2, -0.15) is 0 Å². The lowest BCUT2D eigenvalue weighted by molar-refractivity contribution is 0.0260. The van der Waals surface area contributed by atoms with Crippen LogP contribution in [0.4, 0.5) is 4.39 Å². The lowest BCUT2D eigenvalue weighted by Crippen LogP contribution is -2.44. The van der Waals surface area contributed by atoms with Crippen molar-refractivity contribution in [2.45, 2.75) is 56.6 Å². The van der Waals surface area contributed by atoms with Gasteiger partial charge in [0.05, 0.1) is 10.9 Å². The molecule has 6 heteroatoms. The molecule has 0 aliphatic carbocycles. The minimum absolute atomic E-state index is 0.0986. The zero-order valence-corrected chi connectivity index (χ0v) is 16.1. The number of nitrogens with one attached hydrogen (secondary N) is 1. The molecule has 2 aromatic carbocycles. The summed E-state index contributed by atoms with van der Waals surface area (Å²) in [5.74, 6) is 0.264. The molecular weight excluding hydrogens is 353 g/mol. The molecule has 0 aromatic heterocycles. The Labute approximate surface area is 154 Å². The predicted octanol–water partition coefficient (Wildman–Crippen LogP) is 4.50. The van der Waals surface area contributed by atoms with Crippen molar-refractivity contribution in [1.29, 1.82) is 0 Å². The lowest BCUT2D eigenvalue weighted by Gasteiger charge is -2.41. The second kappa shape index (κ2) is 7.00. The number of ether oxygens (including phenoxy) is 1. The summed E-state index contributed by atoms with van der Waals surface area (Å²) in [5, 5.41) is 0. The van der Waals surface area contributed by atoms with Crippen LogP contribution >= 0.6 is 0 Å². The molecular formula is C20H24FNO3S. The second-order valence-corrected chi connectivity index (χ2v) is 8.50. The molecule has 0 spiro atoms. The molecule has 4 nitrogen and oxygen atoms in total. The fraction of sp³-hybridized carbons (Fsp3) is 0.400. The van der Waals surface area contributed by atoms with E-state index in [4.69, 9.17) is 4.74 Å². The molecule has 26 heavy (non-hydrogen) atoms. The third-order valence-electron chi connectivity index (χ3n) is 5.21. The molecule has 0 saturated heterocycles. The molecule has 1 aliphatic rings. The molecule has 0 amide bonds. The predicted molar refractivity (Wildman–Crippen MR) is 99.2 cm³/mol. The summed E-state index contributed by atoms with van der Waals surface area (Å²) in [5.41, 5.74) is 0.808. The van der Waals surface area contributed by atoms with Crippen LogP contribution in [0.15, 0.2) is 47.4 Å². The van der Waals surface area contributed by atoms with E-state index in [-0.39, 0.29) is 4.90 Å². The largest absolute Gasteiger partial charge is 0.487 e. The van der Waals surface area contributed by atoms with Crippen molar-refractivity contribution in [3.05, 3.63) is 59.4 Å². The van der Waals surface area contributed by atoms with Gasteiger partial charge in [0, 0.05) is 12.0 Å². The Morgan fingerprint density at radius 3 is 2.54 bits per heavy atom. The Bertz CT molecular complexity index is 907. The molecule has 0 fully saturated rings. The molecule has 2 aromatic rings. The number of para-hydroxylation sites is 1. The van der Waals surface area contributed by atoms with Crippen LogP contribution in [0.3, 0.4) is 0 Å². The highest BCUT2D eigenvalue weighted by molar-refractivity contribution is 7.89. The molecule has 0 bridgehead atoms. The van der Waals surface area contributed by atoms with E-state index in [9.17, 15) is 12.8 Å². The first kappa shape index (κ1) is 18.9. The van der Waals surface area contributed by atoms with E-state index in [2.05, 4.69) is 4.72 Å². The third kappa shape index (κ3) is 3.48. The monoisotopic (exact) mass is 377 g/mol. The highest BCUT2D eigenvalue weighted by Gasteiger charge is 2.40. The second-order valence-electron chi connectivity index (χ2n) is 6.82. The van der Waals surface area contributed by atoms with Crippen LogP contribution < -0.4 is 9.46 Å². The van der Waals surface area contributed by atoms with Gasteiger partial charge in [-0.3, -0.25) is 0 Å². The number of hydrogen-bond donors (Lipinski definition) is 1. The maximum atomic E-state index is 13.4. The van der Waals surface area contributed by atoms with E-state index < -0.39 is 27.5 Å². The van der Waals surface area contributed by atoms with E-state index in [0.29, 0.717) is 17.7 Å². The minimum atomic E-state index is -3.79. The topological polar surface area (TPSA) is 55.4 Å². The summed E-state index contributed by atoms with van der Waals surface area (Å²) in [7, 11) is -3.79. The SMILES string of the molecule is CCC1(CC)C[C@@H](NS(=O)(=O)c2ccc(F)cc2C)c2ccccc2O1. The van der Waals surface area contributed by atoms with Crippen molar-refractivity contribution in [2.75, 3.05) is 0 Å². The van der Waals surface area contributed by atoms with Crippen molar-refractivity contribution >= 4 is 10.0 Å². The van der Waals surface area contributed by atoms with Crippen LogP contribution in [0.5, 0.6) is 5.75 Å². The van der Waals surface area contributed by atoms with E-state index in [0.717, 1.165) is 18.4 Å². The van der Waals surface area contributed by atoms with Gasteiger partial charge < -0.3 is 4.74 Å². The fourth-order valence-electron chi connectivity index (χ4n) is 3.57. The number of halogens is 1. The van der Waals surface area contributed by atoms with Gasteiger partial charge in [-0.05, 0) is 49.6 Å². The van der Waals surface area contributed by atoms with Gasteiger partial charge >= 0.3 is 0 Å². The van der Waals surface area contributed by atoms with Crippen LogP contribution in [0.2, 0.25) is 0 Å². The summed E-state index contributed by atoms with van der Waals surface area (Å²) < 4.78 is 48.3. The summed E-state index contributed by atoms with van der Waals surface area (Å²) in [4.78, 5) is 0.0986. The van der Waals surface area contributed by atoms with Crippen LogP contribution in [0.25, 0.3) is 0 Å². The Hall–Kier alpha value is -1.92. The molecule has 0 saturated carbocycles. The Morgan fingerprint density at radius 1 is 1.19 bits per heavy atom. The molecule has 1 aliphatic heterocycles. The number of aryl methyl sites for hydroxylation is 1. The first-order valence-corrected chi connectivity index (χ1v) is 10.3. The van der Waals surface area contributed by atoms with Gasteiger partial charge in [-0.15, -0.1) is 0 Å². The average molecular weight is 377 g/mol. The zero-order valence-electron chi connectivity index (χ0n) is 15.3. The van der Waals surface area contributed by atoms with Crippen LogP contribution in [-0.4, -0.2) is 14.0 Å². The first-order chi connectivity index (χ1) is 12.3. The third-order valence-corrected chi connectivity index (χ3v) is 6.84. The van der Waals surface area contributed by atoms with Crippen LogP contribution in [-0.2, 0) is 10.0 Å². The molecule has 0 radical (unpaired) electrons. The van der Waals surface area contributed by atoms with Crippen molar-refractivity contribution in [2.24, 2.45) is 0 Å². The maximum absolute atomic E-state index is 13.4. The summed E-state index contributed by atoms with van der Waals surface area (Å²) in [6.45, 7) is 5.69. The van der Waals surface area contributed by atoms with Crippen LogP contribution in [0.1, 0.15) is 50.3 Å². The highest BCUT2D eigenvalue weighted by atomic mass is 32.2. The van der Waals surface area contributed by atoms with Gasteiger partial charge in [0.15, 0.2) is 0 Å². The van der Waals surface area contributed by atoms with Crippen molar-refractivity contribution < 1.29 is 17.5 Å². The summed E-state index contributed by atoms with van der Waals surface area (Å²) >= 11 is 0. The standard InChI is InChI=1S/C20H24FNO3S/c1-4-20(5-2)13-17(16-8-6-7-9-18(16)25-20)22-26(23,24)19-11-10-15(21)12-14(19)3/h6-12,17,22H,4-5,13H2,1-3H3/t17-/m1/s1. The van der Waals surface area contributed by atoms with E-state index >= 15 is 0 Å². The molecule has 1 atom stereocenters. The molecule has 1 heterocycles. The van der Waals surface area contributed by atoms with Gasteiger partial charge in [0.25, 0.3) is 0 Å². The fourth-order valence-corrected chi connectivity index (χ4v) is 5.01. The van der Waals surface area contributed by atoms with E-state index in [1.54, 1.807) is 6.92 Å². The van der Waals surface area contributed by atoms with Gasteiger partial charge in [0.2, 0.25) is 10.0 Å². The zero-order chi connectivity index (χ0) is 18.9. The Kier molecular flexibility index (Phi) is 5.08. The highest BCUT2D eigenvalue weighted by Crippen LogP contribution is 2.43. The minimum Gasteiger partial charge on any atom is -0.487 e. The number of rotatable bonds is 5. The molecule has 3 rings (SSSR count). The van der Waals surface area contributed by atoms with Gasteiger partial charge in [-0.1, -0.05) is 32.0 Å². The molecule has 0 unspecified atom stereocenters. The smallest absolute Gasteiger partial charge is 0.241 e. The number of sulfonamides is 1. The van der Waals surface area contributed by atoms with Crippen molar-refractivity contribution in [3.8, 4) is 5.75 Å². The van der Waals surface area contributed by atoms with Gasteiger partial charge in [-0.25, -0.2) is 17.5 Å². The number of fused-ring (bicyclic) bond motifs is 1. The number of benzene rings is 2.